The Labute approximate surface area is 167 Å². The number of phosphoric ester groups is 1. The van der Waals surface area contributed by atoms with Gasteiger partial charge >= 0.3 is 7.82 Å². The molecule has 0 aliphatic heterocycles. The van der Waals surface area contributed by atoms with Crippen LogP contribution in [-0.2, 0) is 4.57 Å². The number of hydrogen-bond donors (Lipinski definition) is 1. The van der Waals surface area contributed by atoms with E-state index in [1.807, 2.05) is 60.7 Å². The molecule has 0 saturated carbocycles. The molecule has 0 radical (unpaired) electrons. The zero-order valence-electron chi connectivity index (χ0n) is 15.3. The summed E-state index contributed by atoms with van der Waals surface area (Å²) in [5.41, 5.74) is 1.32. The van der Waals surface area contributed by atoms with Gasteiger partial charge in [0.2, 0.25) is 0 Å². The maximum Gasteiger partial charge on any atom is 0.584 e. The highest BCUT2D eigenvalue weighted by Gasteiger charge is 2.26. The van der Waals surface area contributed by atoms with Crippen molar-refractivity contribution in [2.45, 2.75) is 0 Å². The minimum Gasteiger partial charge on any atom is -0.395 e. The SMILES string of the molecule is O=P(O)(Oc1ccc(/N=N/c2ccccc2)cc1)Oc1cccc2ccccc12. The number of benzene rings is 4. The van der Waals surface area contributed by atoms with Crippen LogP contribution in [0.1, 0.15) is 0 Å². The van der Waals surface area contributed by atoms with E-state index in [0.717, 1.165) is 16.5 Å². The van der Waals surface area contributed by atoms with Crippen molar-refractivity contribution in [1.82, 2.24) is 0 Å². The van der Waals surface area contributed by atoms with E-state index < -0.39 is 7.82 Å². The minimum absolute atomic E-state index is 0.190. The molecule has 0 heterocycles. The first-order chi connectivity index (χ1) is 14.1. The summed E-state index contributed by atoms with van der Waals surface area (Å²) >= 11 is 0. The Bertz CT molecular complexity index is 1190. The van der Waals surface area contributed by atoms with Gasteiger partial charge in [0.25, 0.3) is 0 Å². The predicted octanol–water partition coefficient (Wildman–Crippen LogP) is 6.81. The van der Waals surface area contributed by atoms with Gasteiger partial charge in [-0.25, -0.2) is 4.57 Å². The first-order valence-corrected chi connectivity index (χ1v) is 10.4. The molecule has 1 N–H and O–H groups in total. The maximum atomic E-state index is 12.5. The van der Waals surface area contributed by atoms with Crippen molar-refractivity contribution in [3.63, 3.8) is 0 Å². The van der Waals surface area contributed by atoms with Crippen molar-refractivity contribution in [2.24, 2.45) is 10.2 Å². The van der Waals surface area contributed by atoms with Crippen molar-refractivity contribution in [2.75, 3.05) is 0 Å². The van der Waals surface area contributed by atoms with Gasteiger partial charge in [-0.2, -0.15) is 10.2 Å². The van der Waals surface area contributed by atoms with Crippen LogP contribution < -0.4 is 9.05 Å². The highest BCUT2D eigenvalue weighted by Crippen LogP contribution is 2.46. The molecule has 4 aromatic carbocycles. The molecule has 0 aliphatic carbocycles. The quantitative estimate of drug-likeness (QED) is 0.283. The van der Waals surface area contributed by atoms with Crippen LogP contribution in [-0.4, -0.2) is 4.89 Å². The molecule has 0 aliphatic rings. The average Bonchev–Trinajstić information content (AvgIpc) is 2.74. The fraction of sp³-hybridized carbons (Fsp3) is 0. The Hall–Kier alpha value is -3.47. The van der Waals surface area contributed by atoms with Gasteiger partial charge in [0.15, 0.2) is 0 Å². The highest BCUT2D eigenvalue weighted by atomic mass is 31.2. The minimum atomic E-state index is -4.37. The van der Waals surface area contributed by atoms with Gasteiger partial charge in [-0.3, -0.25) is 4.89 Å². The number of phosphoric acid groups is 1. The van der Waals surface area contributed by atoms with Crippen LogP contribution in [0.3, 0.4) is 0 Å². The lowest BCUT2D eigenvalue weighted by molar-refractivity contribution is 0.292. The zero-order chi connectivity index (χ0) is 20.1. The second kappa shape index (κ2) is 8.27. The van der Waals surface area contributed by atoms with Crippen molar-refractivity contribution in [3.8, 4) is 11.5 Å². The highest BCUT2D eigenvalue weighted by molar-refractivity contribution is 7.48. The molecule has 1 atom stereocenters. The van der Waals surface area contributed by atoms with Crippen LogP contribution in [0.4, 0.5) is 11.4 Å². The Balaban J connectivity index is 1.46. The Morgan fingerprint density at radius 3 is 2.03 bits per heavy atom. The normalized spacial score (nSPS) is 13.3. The smallest absolute Gasteiger partial charge is 0.395 e. The molecule has 6 nitrogen and oxygen atoms in total. The third-order valence-electron chi connectivity index (χ3n) is 4.06. The fourth-order valence-corrected chi connectivity index (χ4v) is 3.57. The van der Waals surface area contributed by atoms with E-state index in [0.29, 0.717) is 5.69 Å². The third-order valence-corrected chi connectivity index (χ3v) is 4.93. The van der Waals surface area contributed by atoms with Crippen LogP contribution in [0.15, 0.2) is 107 Å². The number of rotatable bonds is 6. The molecule has 0 saturated heterocycles. The second-order valence-corrected chi connectivity index (χ2v) is 7.46. The van der Waals surface area contributed by atoms with E-state index in [4.69, 9.17) is 9.05 Å². The molecule has 0 bridgehead atoms. The van der Waals surface area contributed by atoms with E-state index in [1.54, 1.807) is 24.3 Å². The van der Waals surface area contributed by atoms with Gasteiger partial charge < -0.3 is 9.05 Å². The lowest BCUT2D eigenvalue weighted by Gasteiger charge is -2.15. The predicted molar refractivity (Wildman–Crippen MR) is 112 cm³/mol. The number of hydrogen-bond acceptors (Lipinski definition) is 5. The zero-order valence-corrected chi connectivity index (χ0v) is 16.1. The molecule has 0 spiro atoms. The summed E-state index contributed by atoms with van der Waals surface area (Å²) in [6, 6.07) is 28.4. The van der Waals surface area contributed by atoms with E-state index >= 15 is 0 Å². The van der Waals surface area contributed by atoms with Gasteiger partial charge in [0, 0.05) is 5.39 Å². The standard InChI is InChI=1S/C22H17N2O4P/c25-29(26,28-22-12-6-8-17-7-4-5-11-21(17)22)27-20-15-13-19(14-16-20)24-23-18-9-2-1-3-10-18/h1-16H,(H,25,26)/b24-23+. The molecule has 0 aromatic heterocycles. The maximum absolute atomic E-state index is 12.5. The topological polar surface area (TPSA) is 80.5 Å². The monoisotopic (exact) mass is 404 g/mol. The molecule has 0 fully saturated rings. The summed E-state index contributed by atoms with van der Waals surface area (Å²) in [6.45, 7) is 0. The van der Waals surface area contributed by atoms with Crippen molar-refractivity contribution >= 4 is 30.0 Å². The lowest BCUT2D eigenvalue weighted by Crippen LogP contribution is -2.00. The average molecular weight is 404 g/mol. The summed E-state index contributed by atoms with van der Waals surface area (Å²) in [4.78, 5) is 10.2. The third kappa shape index (κ3) is 4.88. The molecule has 144 valence electrons. The summed E-state index contributed by atoms with van der Waals surface area (Å²) in [5, 5.41) is 9.87. The van der Waals surface area contributed by atoms with Crippen LogP contribution in [0.5, 0.6) is 11.5 Å². The van der Waals surface area contributed by atoms with Gasteiger partial charge in [-0.1, -0.05) is 54.6 Å². The van der Waals surface area contributed by atoms with Gasteiger partial charge in [0.05, 0.1) is 11.4 Å². The van der Waals surface area contributed by atoms with Crippen molar-refractivity contribution in [3.05, 3.63) is 97.1 Å². The Morgan fingerprint density at radius 2 is 1.28 bits per heavy atom. The molecule has 0 amide bonds. The fourth-order valence-electron chi connectivity index (χ4n) is 2.74. The molecule has 4 rings (SSSR count). The number of fused-ring (bicyclic) bond motifs is 1. The molecule has 29 heavy (non-hydrogen) atoms. The van der Waals surface area contributed by atoms with Gasteiger partial charge in [-0.05, 0) is 47.9 Å². The second-order valence-electron chi connectivity index (χ2n) is 6.16. The first-order valence-electron chi connectivity index (χ1n) is 8.86. The van der Waals surface area contributed by atoms with Crippen LogP contribution in [0.25, 0.3) is 10.8 Å². The summed E-state index contributed by atoms with van der Waals surface area (Å²) < 4.78 is 23.0. The summed E-state index contributed by atoms with van der Waals surface area (Å²) in [6.07, 6.45) is 0. The van der Waals surface area contributed by atoms with Gasteiger partial charge in [0.1, 0.15) is 11.5 Å². The lowest BCUT2D eigenvalue weighted by atomic mass is 10.1. The van der Waals surface area contributed by atoms with Crippen LogP contribution >= 0.6 is 7.82 Å². The van der Waals surface area contributed by atoms with Crippen molar-refractivity contribution < 1.29 is 18.5 Å². The summed E-state index contributed by atoms with van der Waals surface area (Å²) in [5.74, 6) is 0.469. The molecular formula is C22H17N2O4P. The first kappa shape index (κ1) is 18.9. The van der Waals surface area contributed by atoms with Crippen LogP contribution in [0.2, 0.25) is 0 Å². The molecule has 1 unspecified atom stereocenters. The van der Waals surface area contributed by atoms with Gasteiger partial charge in [-0.15, -0.1) is 0 Å². The van der Waals surface area contributed by atoms with Crippen molar-refractivity contribution in [1.29, 1.82) is 0 Å². The Kier molecular flexibility index (Phi) is 5.38. The molecule has 4 aromatic rings. The van der Waals surface area contributed by atoms with Crippen LogP contribution in [0, 0.1) is 0 Å². The number of nitrogens with zero attached hydrogens (tertiary/aromatic N) is 2. The number of azo groups is 1. The molecular weight excluding hydrogens is 387 g/mol. The van der Waals surface area contributed by atoms with E-state index in [9.17, 15) is 9.46 Å². The largest absolute Gasteiger partial charge is 0.584 e. The molecule has 7 heteroatoms. The Morgan fingerprint density at radius 1 is 0.655 bits per heavy atom. The van der Waals surface area contributed by atoms with E-state index in [1.165, 1.54) is 12.1 Å². The summed E-state index contributed by atoms with van der Waals surface area (Å²) in [7, 11) is -4.37. The van der Waals surface area contributed by atoms with E-state index in [2.05, 4.69) is 10.2 Å². The van der Waals surface area contributed by atoms with E-state index in [-0.39, 0.29) is 11.5 Å².